The molecule has 146 valence electrons. The topological polar surface area (TPSA) is 62.7 Å². The number of hydrogen-bond acceptors (Lipinski definition) is 4. The zero-order valence-corrected chi connectivity index (χ0v) is 17.9. The van der Waals surface area contributed by atoms with E-state index in [9.17, 15) is 4.79 Å². The van der Waals surface area contributed by atoms with E-state index in [0.717, 1.165) is 16.9 Å². The highest BCUT2D eigenvalue weighted by Gasteiger charge is 2.12. The van der Waals surface area contributed by atoms with Gasteiger partial charge in [-0.25, -0.2) is 4.98 Å². The molecule has 4 rings (SSSR count). The van der Waals surface area contributed by atoms with Gasteiger partial charge < -0.3 is 4.98 Å². The number of benzene rings is 2. The number of aromatic nitrogens is 3. The third kappa shape index (κ3) is 3.92. The summed E-state index contributed by atoms with van der Waals surface area (Å²) in [6, 6.07) is 11.6. The molecule has 0 radical (unpaired) electrons. The van der Waals surface area contributed by atoms with Gasteiger partial charge in [-0.05, 0) is 80.0 Å². The van der Waals surface area contributed by atoms with Crippen molar-refractivity contribution in [2.45, 2.75) is 20.8 Å². The van der Waals surface area contributed by atoms with Gasteiger partial charge in [-0.15, -0.1) is 11.3 Å². The predicted octanol–water partition coefficient (Wildman–Crippen LogP) is 5.84. The van der Waals surface area contributed by atoms with Crippen LogP contribution in [0.15, 0.2) is 54.2 Å². The Kier molecular flexibility index (Phi) is 5.17. The molecule has 0 unspecified atom stereocenters. The Morgan fingerprint density at radius 2 is 1.83 bits per heavy atom. The van der Waals surface area contributed by atoms with E-state index < -0.39 is 0 Å². The molecule has 0 atom stereocenters. The molecule has 0 saturated heterocycles. The average Bonchev–Trinajstić information content (AvgIpc) is 3.34. The zero-order chi connectivity index (χ0) is 20.5. The third-order valence-electron chi connectivity index (χ3n) is 4.90. The smallest absolute Gasteiger partial charge is 0.257 e. The molecule has 0 spiro atoms. The highest BCUT2D eigenvalue weighted by atomic mass is 32.1. The van der Waals surface area contributed by atoms with Crippen LogP contribution in [0.25, 0.3) is 16.9 Å². The number of nitrogens with zero attached hydrogens (tertiary/aromatic N) is 2. The van der Waals surface area contributed by atoms with Gasteiger partial charge in [0.2, 0.25) is 0 Å². The molecule has 0 bridgehead atoms. The molecule has 29 heavy (non-hydrogen) atoms. The Morgan fingerprint density at radius 3 is 2.52 bits per heavy atom. The van der Waals surface area contributed by atoms with Gasteiger partial charge in [0.05, 0.1) is 5.69 Å². The van der Waals surface area contributed by atoms with Crippen LogP contribution in [-0.4, -0.2) is 20.4 Å². The quantitative estimate of drug-likeness (QED) is 0.408. The summed E-state index contributed by atoms with van der Waals surface area (Å²) >= 11 is 6.65. The molecule has 2 aromatic carbocycles. The normalized spacial score (nSPS) is 10.9. The predicted molar refractivity (Wildman–Crippen MR) is 121 cm³/mol. The van der Waals surface area contributed by atoms with Crippen molar-refractivity contribution in [3.05, 3.63) is 81.2 Å². The van der Waals surface area contributed by atoms with E-state index in [4.69, 9.17) is 12.2 Å². The lowest BCUT2D eigenvalue weighted by Crippen LogP contribution is -2.11. The summed E-state index contributed by atoms with van der Waals surface area (Å²) in [7, 11) is 0. The Morgan fingerprint density at radius 1 is 1.10 bits per heavy atom. The molecule has 0 aliphatic rings. The minimum absolute atomic E-state index is 0.188. The van der Waals surface area contributed by atoms with Crippen molar-refractivity contribution in [2.75, 3.05) is 5.32 Å². The number of carbonyl (C=O) groups excluding carboxylic acids is 1. The maximum absolute atomic E-state index is 12.6. The van der Waals surface area contributed by atoms with Crippen molar-refractivity contribution in [1.29, 1.82) is 0 Å². The molecule has 0 aliphatic carbocycles. The molecule has 2 N–H and O–H groups in total. The molecule has 0 fully saturated rings. The van der Waals surface area contributed by atoms with Crippen LogP contribution >= 0.6 is 23.6 Å². The third-order valence-corrected chi connectivity index (χ3v) is 5.97. The van der Waals surface area contributed by atoms with Gasteiger partial charge in [0.15, 0.2) is 9.90 Å². The maximum Gasteiger partial charge on any atom is 0.257 e. The molecule has 0 aliphatic heterocycles. The number of anilines is 1. The van der Waals surface area contributed by atoms with E-state index in [1.165, 1.54) is 28.0 Å². The van der Waals surface area contributed by atoms with Crippen molar-refractivity contribution >= 4 is 34.6 Å². The fourth-order valence-corrected chi connectivity index (χ4v) is 4.10. The Hall–Kier alpha value is -3.03. The number of thiazole rings is 1. The molecule has 1 amide bonds. The molecule has 2 heterocycles. The number of imidazole rings is 1. The number of aryl methyl sites for hydroxylation is 3. The first-order chi connectivity index (χ1) is 13.9. The van der Waals surface area contributed by atoms with Crippen LogP contribution in [0, 0.1) is 25.5 Å². The van der Waals surface area contributed by atoms with E-state index in [2.05, 4.69) is 48.2 Å². The van der Waals surface area contributed by atoms with E-state index in [1.807, 2.05) is 28.3 Å². The molecule has 0 saturated carbocycles. The fraction of sp³-hybridized carbons (Fsp3) is 0.136. The van der Waals surface area contributed by atoms with Crippen LogP contribution in [0.2, 0.25) is 0 Å². The lowest BCUT2D eigenvalue weighted by molar-refractivity contribution is 0.102. The van der Waals surface area contributed by atoms with Crippen LogP contribution in [0.5, 0.6) is 0 Å². The van der Waals surface area contributed by atoms with Crippen LogP contribution in [0.3, 0.4) is 0 Å². The molecular weight excluding hydrogens is 400 g/mol. The number of hydrogen-bond donors (Lipinski definition) is 2. The number of nitrogens with one attached hydrogen (secondary N) is 2. The lowest BCUT2D eigenvalue weighted by atomic mass is 9.99. The van der Waals surface area contributed by atoms with Crippen molar-refractivity contribution in [1.82, 2.24) is 14.5 Å². The highest BCUT2D eigenvalue weighted by molar-refractivity contribution is 7.71. The van der Waals surface area contributed by atoms with Crippen molar-refractivity contribution in [2.24, 2.45) is 0 Å². The summed E-state index contributed by atoms with van der Waals surface area (Å²) in [6.07, 6.45) is 3.63. The molecule has 5 nitrogen and oxygen atoms in total. The highest BCUT2D eigenvalue weighted by Crippen LogP contribution is 2.29. The van der Waals surface area contributed by atoms with Gasteiger partial charge in [0, 0.05) is 34.6 Å². The van der Waals surface area contributed by atoms with Crippen LogP contribution < -0.4 is 5.32 Å². The summed E-state index contributed by atoms with van der Waals surface area (Å²) in [4.78, 5) is 20.2. The monoisotopic (exact) mass is 420 g/mol. The summed E-state index contributed by atoms with van der Waals surface area (Å²) in [6.45, 7) is 6.28. The molecule has 4 aromatic rings. The minimum atomic E-state index is -0.188. The molecule has 2 aromatic heterocycles. The second-order valence-corrected chi connectivity index (χ2v) is 8.17. The van der Waals surface area contributed by atoms with E-state index in [1.54, 1.807) is 18.3 Å². The van der Waals surface area contributed by atoms with Gasteiger partial charge in [-0.3, -0.25) is 14.7 Å². The zero-order valence-electron chi connectivity index (χ0n) is 16.3. The van der Waals surface area contributed by atoms with Crippen molar-refractivity contribution < 1.29 is 4.79 Å². The van der Waals surface area contributed by atoms with E-state index in [0.29, 0.717) is 15.5 Å². The Labute approximate surface area is 178 Å². The molecular formula is C22H20N4OS2. The first-order valence-electron chi connectivity index (χ1n) is 9.14. The summed E-state index contributed by atoms with van der Waals surface area (Å²) in [5.41, 5.74) is 7.10. The number of H-pyrrole nitrogens is 1. The van der Waals surface area contributed by atoms with Crippen LogP contribution in [0.4, 0.5) is 5.13 Å². The van der Waals surface area contributed by atoms with Crippen LogP contribution in [-0.2, 0) is 0 Å². The Bertz CT molecular complexity index is 1250. The standard InChI is InChI=1S/C22H20N4OS2/c1-13-10-15(3)18(11-14(13)2)19-12-29-21(24-19)25-20(27)16-4-6-17(7-5-16)26-9-8-23-22(26)28/h4-12H,1-3H3,(H,23,28)(H,24,25,27). The Balaban J connectivity index is 1.52. The lowest BCUT2D eigenvalue weighted by Gasteiger charge is -2.07. The number of rotatable bonds is 4. The van der Waals surface area contributed by atoms with Crippen molar-refractivity contribution in [3.8, 4) is 16.9 Å². The van der Waals surface area contributed by atoms with Crippen LogP contribution in [0.1, 0.15) is 27.0 Å². The van der Waals surface area contributed by atoms with Gasteiger partial charge in [-0.2, -0.15) is 0 Å². The first kappa shape index (κ1) is 19.3. The van der Waals surface area contributed by atoms with Gasteiger partial charge in [0.25, 0.3) is 5.91 Å². The van der Waals surface area contributed by atoms with Crippen molar-refractivity contribution in [3.63, 3.8) is 0 Å². The van der Waals surface area contributed by atoms with Gasteiger partial charge in [0.1, 0.15) is 0 Å². The number of aromatic amines is 1. The number of carbonyl (C=O) groups is 1. The number of amides is 1. The first-order valence-corrected chi connectivity index (χ1v) is 10.4. The second-order valence-electron chi connectivity index (χ2n) is 6.93. The largest absolute Gasteiger partial charge is 0.337 e. The average molecular weight is 421 g/mol. The summed E-state index contributed by atoms with van der Waals surface area (Å²) in [5.74, 6) is -0.188. The molecule has 7 heteroatoms. The second kappa shape index (κ2) is 7.77. The van der Waals surface area contributed by atoms with E-state index in [-0.39, 0.29) is 5.91 Å². The maximum atomic E-state index is 12.6. The minimum Gasteiger partial charge on any atom is -0.337 e. The van der Waals surface area contributed by atoms with E-state index >= 15 is 0 Å². The SMILES string of the molecule is Cc1cc(C)c(-c2csc(NC(=O)c3ccc(-n4cc[nH]c4=S)cc3)n2)cc1C. The van der Waals surface area contributed by atoms with Gasteiger partial charge >= 0.3 is 0 Å². The van der Waals surface area contributed by atoms with Gasteiger partial charge in [-0.1, -0.05) is 6.07 Å². The fourth-order valence-electron chi connectivity index (χ4n) is 3.16. The summed E-state index contributed by atoms with van der Waals surface area (Å²) < 4.78 is 2.45. The summed E-state index contributed by atoms with van der Waals surface area (Å²) in [5, 5.41) is 5.45.